The predicted molar refractivity (Wildman–Crippen MR) is 82.8 cm³/mol. The Morgan fingerprint density at radius 2 is 2.15 bits per heavy atom. The van der Waals surface area contributed by atoms with Crippen LogP contribution in [0.3, 0.4) is 0 Å². The molecule has 1 amide bonds. The Balaban J connectivity index is 3.13. The number of carbonyl (C=O) groups is 2. The molecule has 0 bridgehead atoms. The molecule has 0 aliphatic heterocycles. The zero-order valence-electron chi connectivity index (χ0n) is 11.4. The van der Waals surface area contributed by atoms with Crippen molar-refractivity contribution in [2.24, 2.45) is 0 Å². The molecule has 0 saturated heterocycles. The summed E-state index contributed by atoms with van der Waals surface area (Å²) in [6.45, 7) is 2.81. The summed E-state index contributed by atoms with van der Waals surface area (Å²) in [5, 5.41) is 11.3. The Labute approximate surface area is 126 Å². The molecule has 0 atom stereocenters. The highest BCUT2D eigenvalue weighted by molar-refractivity contribution is 9.10. The number of benzene rings is 1. The maximum Gasteiger partial charge on any atom is 0.328 e. The van der Waals surface area contributed by atoms with E-state index in [1.165, 1.54) is 6.08 Å². The van der Waals surface area contributed by atoms with E-state index in [0.29, 0.717) is 6.54 Å². The number of hydrogen-bond acceptors (Lipinski definition) is 3. The van der Waals surface area contributed by atoms with E-state index in [-0.39, 0.29) is 12.5 Å². The van der Waals surface area contributed by atoms with Gasteiger partial charge in [-0.25, -0.2) is 4.79 Å². The Kier molecular flexibility index (Phi) is 6.24. The summed E-state index contributed by atoms with van der Waals surface area (Å²) in [4.78, 5) is 24.1. The third kappa shape index (κ3) is 4.70. The van der Waals surface area contributed by atoms with Gasteiger partial charge in [-0.05, 0) is 36.8 Å². The van der Waals surface area contributed by atoms with Crippen LogP contribution in [0.15, 0.2) is 28.7 Å². The first-order valence-electron chi connectivity index (χ1n) is 6.14. The summed E-state index contributed by atoms with van der Waals surface area (Å²) in [6.07, 6.45) is 2.61. The average molecular weight is 341 g/mol. The minimum absolute atomic E-state index is 0.0945. The molecule has 6 heteroatoms. The lowest BCUT2D eigenvalue weighted by Gasteiger charge is -2.24. The van der Waals surface area contributed by atoms with Gasteiger partial charge in [-0.15, -0.1) is 0 Å². The Morgan fingerprint density at radius 1 is 1.45 bits per heavy atom. The normalized spacial score (nSPS) is 10.6. The van der Waals surface area contributed by atoms with Gasteiger partial charge >= 0.3 is 5.97 Å². The number of aliphatic carboxylic acids is 1. The lowest BCUT2D eigenvalue weighted by atomic mass is 10.1. The summed E-state index contributed by atoms with van der Waals surface area (Å²) < 4.78 is 0.849. The SMILES string of the molecule is CCN(CC(=O)NC)c1ccc(Br)cc1/C=C/C(=O)O. The highest BCUT2D eigenvalue weighted by Gasteiger charge is 2.12. The van der Waals surface area contributed by atoms with Crippen LogP contribution in [0.2, 0.25) is 0 Å². The molecule has 0 fully saturated rings. The molecule has 2 N–H and O–H groups in total. The molecule has 1 rings (SSSR count). The van der Waals surface area contributed by atoms with Crippen LogP contribution < -0.4 is 10.2 Å². The largest absolute Gasteiger partial charge is 0.478 e. The van der Waals surface area contributed by atoms with Crippen molar-refractivity contribution >= 4 is 39.6 Å². The van der Waals surface area contributed by atoms with Gasteiger partial charge in [0.1, 0.15) is 0 Å². The highest BCUT2D eigenvalue weighted by atomic mass is 79.9. The molecule has 0 aromatic heterocycles. The number of anilines is 1. The number of likely N-dealkylation sites (N-methyl/N-ethyl adjacent to an activating group) is 2. The van der Waals surface area contributed by atoms with Gasteiger partial charge in [-0.3, -0.25) is 4.79 Å². The van der Waals surface area contributed by atoms with Crippen LogP contribution in [0.4, 0.5) is 5.69 Å². The monoisotopic (exact) mass is 340 g/mol. The van der Waals surface area contributed by atoms with Crippen LogP contribution in [-0.2, 0) is 9.59 Å². The number of nitrogens with one attached hydrogen (secondary N) is 1. The zero-order valence-corrected chi connectivity index (χ0v) is 13.0. The molecule has 108 valence electrons. The number of carboxylic acids is 1. The van der Waals surface area contributed by atoms with Crippen molar-refractivity contribution in [1.82, 2.24) is 5.32 Å². The van der Waals surface area contributed by atoms with E-state index >= 15 is 0 Å². The van der Waals surface area contributed by atoms with E-state index in [1.54, 1.807) is 7.05 Å². The summed E-state index contributed by atoms with van der Waals surface area (Å²) in [7, 11) is 1.59. The second-order valence-corrected chi connectivity index (χ2v) is 4.98. The number of hydrogen-bond donors (Lipinski definition) is 2. The lowest BCUT2D eigenvalue weighted by molar-refractivity contribution is -0.131. The number of amides is 1. The number of halogens is 1. The van der Waals surface area contributed by atoms with Crippen LogP contribution in [0.25, 0.3) is 6.08 Å². The number of rotatable bonds is 6. The molecule has 0 aliphatic rings. The first-order chi connectivity index (χ1) is 9.47. The zero-order chi connectivity index (χ0) is 15.1. The van der Waals surface area contributed by atoms with Gasteiger partial charge in [0.15, 0.2) is 0 Å². The Hall–Kier alpha value is -1.82. The van der Waals surface area contributed by atoms with Crippen LogP contribution in [-0.4, -0.2) is 37.1 Å². The van der Waals surface area contributed by atoms with Gasteiger partial charge < -0.3 is 15.3 Å². The van der Waals surface area contributed by atoms with Gasteiger partial charge in [0.25, 0.3) is 0 Å². The first-order valence-corrected chi connectivity index (χ1v) is 6.93. The quantitative estimate of drug-likeness (QED) is 0.778. The summed E-state index contributed by atoms with van der Waals surface area (Å²) in [5.74, 6) is -1.10. The molecular weight excluding hydrogens is 324 g/mol. The second-order valence-electron chi connectivity index (χ2n) is 4.06. The van der Waals surface area contributed by atoms with Crippen molar-refractivity contribution in [2.75, 3.05) is 25.0 Å². The second kappa shape index (κ2) is 7.69. The van der Waals surface area contributed by atoms with E-state index < -0.39 is 5.97 Å². The van der Waals surface area contributed by atoms with Gasteiger partial charge in [-0.2, -0.15) is 0 Å². The summed E-state index contributed by atoms with van der Waals surface area (Å²) in [6, 6.07) is 5.54. The van der Waals surface area contributed by atoms with Crippen molar-refractivity contribution < 1.29 is 14.7 Å². The van der Waals surface area contributed by atoms with E-state index in [0.717, 1.165) is 21.8 Å². The molecule has 1 aromatic rings. The van der Waals surface area contributed by atoms with Crippen molar-refractivity contribution in [3.8, 4) is 0 Å². The molecule has 0 saturated carbocycles. The highest BCUT2D eigenvalue weighted by Crippen LogP contribution is 2.25. The van der Waals surface area contributed by atoms with Gasteiger partial charge in [0.05, 0.1) is 6.54 Å². The van der Waals surface area contributed by atoms with Gasteiger partial charge in [-0.1, -0.05) is 15.9 Å². The van der Waals surface area contributed by atoms with Gasteiger partial charge in [0, 0.05) is 29.8 Å². The Morgan fingerprint density at radius 3 is 2.70 bits per heavy atom. The maximum absolute atomic E-state index is 11.5. The third-order valence-electron chi connectivity index (χ3n) is 2.73. The summed E-state index contributed by atoms with van der Waals surface area (Å²) in [5.41, 5.74) is 1.56. The fourth-order valence-electron chi connectivity index (χ4n) is 1.73. The number of nitrogens with zero attached hydrogens (tertiary/aromatic N) is 1. The van der Waals surface area contributed by atoms with Crippen LogP contribution in [0, 0.1) is 0 Å². The standard InChI is InChI=1S/C14H17BrN2O3/c1-3-17(9-13(18)16-2)12-6-5-11(15)8-10(12)4-7-14(19)20/h4-8H,3,9H2,1-2H3,(H,16,18)(H,19,20)/b7-4+. The van der Waals surface area contributed by atoms with Crippen molar-refractivity contribution in [3.05, 3.63) is 34.3 Å². The molecule has 0 aliphatic carbocycles. The number of carbonyl (C=O) groups excluding carboxylic acids is 1. The van der Waals surface area contributed by atoms with Crippen molar-refractivity contribution in [1.29, 1.82) is 0 Å². The smallest absolute Gasteiger partial charge is 0.328 e. The van der Waals surface area contributed by atoms with Crippen molar-refractivity contribution in [2.45, 2.75) is 6.92 Å². The topological polar surface area (TPSA) is 69.6 Å². The lowest BCUT2D eigenvalue weighted by Crippen LogP contribution is -2.35. The minimum atomic E-state index is -1.01. The predicted octanol–water partition coefficient (Wildman–Crippen LogP) is 2.12. The molecular formula is C14H17BrN2O3. The molecule has 5 nitrogen and oxygen atoms in total. The molecule has 0 heterocycles. The molecule has 0 spiro atoms. The number of carboxylic acid groups (broad SMARTS) is 1. The third-order valence-corrected chi connectivity index (χ3v) is 3.22. The fourth-order valence-corrected chi connectivity index (χ4v) is 2.11. The minimum Gasteiger partial charge on any atom is -0.478 e. The van der Waals surface area contributed by atoms with E-state index in [2.05, 4.69) is 21.2 Å². The molecule has 1 aromatic carbocycles. The van der Waals surface area contributed by atoms with Crippen LogP contribution in [0.5, 0.6) is 0 Å². The van der Waals surface area contributed by atoms with Crippen LogP contribution in [0.1, 0.15) is 12.5 Å². The average Bonchev–Trinajstić information content (AvgIpc) is 2.42. The maximum atomic E-state index is 11.5. The summed E-state index contributed by atoms with van der Waals surface area (Å²) >= 11 is 3.36. The molecule has 0 unspecified atom stereocenters. The Bertz CT molecular complexity index is 529. The van der Waals surface area contributed by atoms with Gasteiger partial charge in [0.2, 0.25) is 5.91 Å². The molecule has 20 heavy (non-hydrogen) atoms. The van der Waals surface area contributed by atoms with E-state index in [1.807, 2.05) is 30.0 Å². The van der Waals surface area contributed by atoms with Crippen LogP contribution >= 0.6 is 15.9 Å². The van der Waals surface area contributed by atoms with E-state index in [9.17, 15) is 9.59 Å². The fraction of sp³-hybridized carbons (Fsp3) is 0.286. The first kappa shape index (κ1) is 16.2. The van der Waals surface area contributed by atoms with Crippen molar-refractivity contribution in [3.63, 3.8) is 0 Å². The van der Waals surface area contributed by atoms with E-state index in [4.69, 9.17) is 5.11 Å². The molecule has 0 radical (unpaired) electrons.